The molecule has 1 amide bonds. The van der Waals surface area contributed by atoms with Crippen molar-refractivity contribution in [3.63, 3.8) is 0 Å². The molecule has 5 N–H and O–H groups in total. The van der Waals surface area contributed by atoms with E-state index < -0.39 is 6.10 Å². The van der Waals surface area contributed by atoms with Gasteiger partial charge in [-0.2, -0.15) is 10.2 Å². The van der Waals surface area contributed by atoms with Crippen molar-refractivity contribution in [2.24, 2.45) is 7.05 Å². The number of H-pyrrole nitrogens is 2. The number of aryl methyl sites for hydroxylation is 1. The number of nitrogens with zero attached hydrogens (tertiary/aromatic N) is 4. The molecule has 0 radical (unpaired) electrons. The molecule has 10 nitrogen and oxygen atoms in total. The van der Waals surface area contributed by atoms with E-state index in [2.05, 4.69) is 30.7 Å². The Bertz CT molecular complexity index is 1410. The summed E-state index contributed by atoms with van der Waals surface area (Å²) in [4.78, 5) is 17.5. The van der Waals surface area contributed by atoms with Gasteiger partial charge >= 0.3 is 0 Å². The lowest BCUT2D eigenvalue weighted by atomic mass is 10.1. The molecular formula is C20H18N8O2S. The first-order valence-corrected chi connectivity index (χ1v) is 10.3. The second kappa shape index (κ2) is 7.45. The number of hydrogen-bond acceptors (Lipinski definition) is 7. The molecule has 0 saturated heterocycles. The van der Waals surface area contributed by atoms with Crippen LogP contribution in [-0.2, 0) is 13.6 Å². The lowest BCUT2D eigenvalue weighted by Crippen LogP contribution is -2.26. The smallest absolute Gasteiger partial charge is 0.268 e. The molecule has 31 heavy (non-hydrogen) atoms. The zero-order chi connectivity index (χ0) is 21.5. The number of thiazole rings is 1. The van der Waals surface area contributed by atoms with Gasteiger partial charge in [-0.25, -0.2) is 4.98 Å². The molecule has 0 saturated carbocycles. The first-order chi connectivity index (χ1) is 15.1. The lowest BCUT2D eigenvalue weighted by Gasteiger charge is -2.09. The number of fused-ring (bicyclic) bond motifs is 2. The van der Waals surface area contributed by atoms with E-state index >= 15 is 0 Å². The molecule has 156 valence electrons. The molecule has 11 heteroatoms. The van der Waals surface area contributed by atoms with Crippen LogP contribution in [0, 0.1) is 5.41 Å². The number of aliphatic hydroxyl groups is 1. The number of aromatic amines is 2. The van der Waals surface area contributed by atoms with E-state index in [0.717, 1.165) is 22.7 Å². The molecule has 0 spiro atoms. The highest BCUT2D eigenvalue weighted by Crippen LogP contribution is 2.34. The standard InChI is InChI=1S/C20H18N8O2S/c1-28-15(19(30)22-8-10-3-2-4-13-12(10)9-24-26-13)11(7-21)17-18(28)25-20(31-17)16(29)14-5-6-23-27-14/h2-7,9,16,21,29H,8H2,1H3,(H,22,30)(H,23,27)(H,24,26). The Hall–Kier alpha value is -3.83. The van der Waals surface area contributed by atoms with E-state index in [-0.39, 0.29) is 5.91 Å². The van der Waals surface area contributed by atoms with Crippen LogP contribution >= 0.6 is 11.3 Å². The van der Waals surface area contributed by atoms with E-state index in [0.29, 0.717) is 38.9 Å². The van der Waals surface area contributed by atoms with Crippen molar-refractivity contribution in [3.05, 3.63) is 64.2 Å². The van der Waals surface area contributed by atoms with Gasteiger partial charge in [0.2, 0.25) is 0 Å². The van der Waals surface area contributed by atoms with Gasteiger partial charge in [0.15, 0.2) is 5.65 Å². The first-order valence-electron chi connectivity index (χ1n) is 9.44. The van der Waals surface area contributed by atoms with Crippen molar-refractivity contribution in [2.75, 3.05) is 0 Å². The summed E-state index contributed by atoms with van der Waals surface area (Å²) >= 11 is 1.25. The minimum atomic E-state index is -0.953. The molecule has 0 aliphatic rings. The topological polar surface area (TPSA) is 148 Å². The molecule has 0 fully saturated rings. The van der Waals surface area contributed by atoms with E-state index in [1.807, 2.05) is 18.2 Å². The largest absolute Gasteiger partial charge is 0.380 e. The summed E-state index contributed by atoms with van der Waals surface area (Å²) in [7, 11) is 1.73. The number of aliphatic hydroxyl groups excluding tert-OH is 1. The summed E-state index contributed by atoms with van der Waals surface area (Å²) in [6.07, 6.45) is 3.49. The van der Waals surface area contributed by atoms with Crippen LogP contribution in [0.4, 0.5) is 0 Å². The Morgan fingerprint density at radius 3 is 3.00 bits per heavy atom. The highest BCUT2D eigenvalue weighted by Gasteiger charge is 2.25. The zero-order valence-corrected chi connectivity index (χ0v) is 17.2. The van der Waals surface area contributed by atoms with Gasteiger partial charge in [-0.15, -0.1) is 11.3 Å². The number of carbonyl (C=O) groups is 1. The van der Waals surface area contributed by atoms with E-state index in [1.54, 1.807) is 30.1 Å². The van der Waals surface area contributed by atoms with Gasteiger partial charge in [-0.05, 0) is 17.7 Å². The van der Waals surface area contributed by atoms with Crippen molar-refractivity contribution in [1.29, 1.82) is 5.41 Å². The minimum Gasteiger partial charge on any atom is -0.380 e. The lowest BCUT2D eigenvalue weighted by molar-refractivity contribution is 0.0943. The number of carbonyl (C=O) groups excluding carboxylic acids is 1. The summed E-state index contributed by atoms with van der Waals surface area (Å²) in [5.41, 5.74) is 3.73. The van der Waals surface area contributed by atoms with Crippen LogP contribution < -0.4 is 5.32 Å². The molecule has 0 bridgehead atoms. The van der Waals surface area contributed by atoms with E-state index in [1.165, 1.54) is 11.3 Å². The summed E-state index contributed by atoms with van der Waals surface area (Å²) in [6, 6.07) is 7.44. The number of nitrogens with one attached hydrogen (secondary N) is 4. The van der Waals surface area contributed by atoms with Crippen LogP contribution in [0.1, 0.15) is 38.4 Å². The first kappa shape index (κ1) is 19.2. The average Bonchev–Trinajstić information content (AvgIpc) is 3.56. The predicted octanol–water partition coefficient (Wildman–Crippen LogP) is 2.24. The molecule has 0 aliphatic heterocycles. The number of rotatable bonds is 6. The van der Waals surface area contributed by atoms with Crippen LogP contribution in [0.3, 0.4) is 0 Å². The monoisotopic (exact) mass is 434 g/mol. The highest BCUT2D eigenvalue weighted by atomic mass is 32.1. The van der Waals surface area contributed by atoms with Gasteiger partial charge in [-0.3, -0.25) is 15.0 Å². The summed E-state index contributed by atoms with van der Waals surface area (Å²) in [6.45, 7) is 0.323. The van der Waals surface area contributed by atoms with E-state index in [9.17, 15) is 9.90 Å². The van der Waals surface area contributed by atoms with Crippen LogP contribution in [0.15, 0.2) is 36.7 Å². The molecule has 1 atom stereocenters. The number of hydrogen-bond donors (Lipinski definition) is 5. The van der Waals surface area contributed by atoms with Crippen molar-refractivity contribution in [3.8, 4) is 0 Å². The van der Waals surface area contributed by atoms with Crippen molar-refractivity contribution >= 4 is 44.7 Å². The van der Waals surface area contributed by atoms with Gasteiger partial charge in [0.1, 0.15) is 16.8 Å². The molecule has 5 rings (SSSR count). The van der Waals surface area contributed by atoms with Crippen LogP contribution in [-0.4, -0.2) is 47.2 Å². The van der Waals surface area contributed by atoms with Crippen molar-refractivity contribution in [1.82, 2.24) is 35.3 Å². The van der Waals surface area contributed by atoms with Gasteiger partial charge < -0.3 is 20.4 Å². The molecule has 0 aliphatic carbocycles. The van der Waals surface area contributed by atoms with Crippen LogP contribution in [0.5, 0.6) is 0 Å². The second-order valence-electron chi connectivity index (χ2n) is 7.02. The van der Waals surface area contributed by atoms with Gasteiger partial charge in [-0.1, -0.05) is 12.1 Å². The Morgan fingerprint density at radius 2 is 2.23 bits per heavy atom. The summed E-state index contributed by atoms with van der Waals surface area (Å²) in [5, 5.41) is 36.3. The van der Waals surface area contributed by atoms with Gasteiger partial charge in [0.25, 0.3) is 5.91 Å². The third-order valence-electron chi connectivity index (χ3n) is 5.20. The normalized spacial score (nSPS) is 12.5. The average molecular weight is 434 g/mol. The highest BCUT2D eigenvalue weighted by molar-refractivity contribution is 7.19. The Balaban J connectivity index is 1.46. The maximum Gasteiger partial charge on any atom is 0.268 e. The fourth-order valence-electron chi connectivity index (χ4n) is 3.65. The summed E-state index contributed by atoms with van der Waals surface area (Å²) in [5.74, 6) is -0.303. The van der Waals surface area contributed by atoms with Crippen LogP contribution in [0.2, 0.25) is 0 Å². The van der Waals surface area contributed by atoms with Crippen LogP contribution in [0.25, 0.3) is 21.3 Å². The van der Waals surface area contributed by atoms with Crippen molar-refractivity contribution in [2.45, 2.75) is 12.6 Å². The fraction of sp³-hybridized carbons (Fsp3) is 0.150. The maximum atomic E-state index is 13.0. The quantitative estimate of drug-likeness (QED) is 0.260. The molecule has 1 unspecified atom stereocenters. The number of aromatic nitrogens is 6. The molecule has 4 aromatic heterocycles. The zero-order valence-electron chi connectivity index (χ0n) is 16.4. The third kappa shape index (κ3) is 3.10. The van der Waals surface area contributed by atoms with E-state index in [4.69, 9.17) is 5.41 Å². The van der Waals surface area contributed by atoms with Gasteiger partial charge in [0, 0.05) is 37.0 Å². The SMILES string of the molecule is Cn1c(C(=O)NCc2cccc3[nH]ncc23)c(C=N)c2sc(C(O)c3ccn[nH]3)nc21. The molecule has 5 aromatic rings. The molecule has 1 aromatic carbocycles. The summed E-state index contributed by atoms with van der Waals surface area (Å²) < 4.78 is 2.33. The Labute approximate surface area is 179 Å². The third-order valence-corrected chi connectivity index (χ3v) is 6.33. The minimum absolute atomic E-state index is 0.303. The predicted molar refractivity (Wildman–Crippen MR) is 116 cm³/mol. The molecular weight excluding hydrogens is 416 g/mol. The number of benzene rings is 1. The Morgan fingerprint density at radius 1 is 1.35 bits per heavy atom. The maximum absolute atomic E-state index is 13.0. The van der Waals surface area contributed by atoms with Crippen molar-refractivity contribution < 1.29 is 9.90 Å². The second-order valence-corrected chi connectivity index (χ2v) is 8.05. The number of amides is 1. The Kier molecular flexibility index (Phi) is 4.60. The fourth-order valence-corrected chi connectivity index (χ4v) is 4.76. The van der Waals surface area contributed by atoms with Gasteiger partial charge in [0.05, 0.1) is 22.1 Å². The molecule has 4 heterocycles.